The highest BCUT2D eigenvalue weighted by molar-refractivity contribution is 5.90. The molecule has 0 spiro atoms. The van der Waals surface area contributed by atoms with Gasteiger partial charge in [-0.05, 0) is 24.1 Å². The molecule has 32 heavy (non-hydrogen) atoms. The summed E-state index contributed by atoms with van der Waals surface area (Å²) in [5.41, 5.74) is 6.21. The fourth-order valence-electron chi connectivity index (χ4n) is 3.92. The van der Waals surface area contributed by atoms with Crippen LogP contribution in [0.25, 0.3) is 5.69 Å². The number of primary amides is 1. The Hall–Kier alpha value is -4.21. The highest BCUT2D eigenvalue weighted by Gasteiger charge is 2.29. The number of nitrogens with two attached hydrogens (primary N) is 1. The van der Waals surface area contributed by atoms with Crippen LogP contribution in [0.2, 0.25) is 0 Å². The van der Waals surface area contributed by atoms with Gasteiger partial charge in [0.25, 0.3) is 5.91 Å². The first kappa shape index (κ1) is 19.7. The lowest BCUT2D eigenvalue weighted by atomic mass is 10.1. The maximum absolute atomic E-state index is 14.8. The molecule has 1 aliphatic rings. The summed E-state index contributed by atoms with van der Waals surface area (Å²) in [5, 5.41) is 4.42. The molecule has 0 aliphatic carbocycles. The molecule has 10 heteroatoms. The Bertz CT molecular complexity index is 1390. The van der Waals surface area contributed by atoms with Crippen LogP contribution in [0.1, 0.15) is 34.3 Å². The standard InChI is InChI=1S/C22H19FN6O3/c1-27-12-16(20(24)30)25-21(27)32-18-9-7-14(11-15(18)23)29-22(31)28-17(8-10-19(28)26-29)13-5-3-2-4-6-13/h2-7,9,11-12,17H,8,10H2,1H3,(H2,24,30)/t17-/m0/s1. The van der Waals surface area contributed by atoms with E-state index in [2.05, 4.69) is 10.1 Å². The minimum atomic E-state index is -0.715. The fraction of sp³-hybridized carbons (Fsp3) is 0.182. The molecule has 2 aromatic carbocycles. The van der Waals surface area contributed by atoms with Crippen molar-refractivity contribution in [3.05, 3.63) is 88.1 Å². The molecule has 0 radical (unpaired) electrons. The van der Waals surface area contributed by atoms with E-state index in [4.69, 9.17) is 10.5 Å². The van der Waals surface area contributed by atoms with Crippen molar-refractivity contribution in [3.8, 4) is 17.4 Å². The second-order valence-electron chi connectivity index (χ2n) is 7.55. The van der Waals surface area contributed by atoms with Crippen molar-refractivity contribution in [3.63, 3.8) is 0 Å². The Kier molecular flexibility index (Phi) is 4.62. The number of aryl methyl sites for hydroxylation is 2. The van der Waals surface area contributed by atoms with Gasteiger partial charge in [-0.1, -0.05) is 30.3 Å². The molecule has 1 atom stereocenters. The highest BCUT2D eigenvalue weighted by atomic mass is 19.1. The third-order valence-electron chi connectivity index (χ3n) is 5.47. The van der Waals surface area contributed by atoms with Crippen molar-refractivity contribution >= 4 is 5.91 Å². The number of imidazole rings is 1. The Labute approximate surface area is 181 Å². The molecule has 0 saturated carbocycles. The molecule has 0 saturated heterocycles. The van der Waals surface area contributed by atoms with E-state index in [1.807, 2.05) is 30.3 Å². The van der Waals surface area contributed by atoms with Crippen molar-refractivity contribution in [2.45, 2.75) is 18.9 Å². The first-order valence-corrected chi connectivity index (χ1v) is 9.98. The number of amides is 1. The molecule has 2 N–H and O–H groups in total. The SMILES string of the molecule is Cn1cc(C(N)=O)nc1Oc1ccc(-n2nc3n(c2=O)[C@H](c2ccccc2)CC3)cc1F. The largest absolute Gasteiger partial charge is 0.422 e. The van der Waals surface area contributed by atoms with Gasteiger partial charge in [0.15, 0.2) is 11.6 Å². The number of rotatable bonds is 5. The molecule has 0 fully saturated rings. The Morgan fingerprint density at radius 3 is 2.69 bits per heavy atom. The normalized spacial score (nSPS) is 15.0. The van der Waals surface area contributed by atoms with Crippen LogP contribution in [-0.4, -0.2) is 29.8 Å². The van der Waals surface area contributed by atoms with Crippen LogP contribution in [0.5, 0.6) is 11.8 Å². The molecule has 1 aliphatic heterocycles. The molecule has 0 bridgehead atoms. The van der Waals surface area contributed by atoms with Crippen LogP contribution in [0.3, 0.4) is 0 Å². The zero-order valence-corrected chi connectivity index (χ0v) is 17.1. The molecule has 9 nitrogen and oxygen atoms in total. The van der Waals surface area contributed by atoms with Crippen molar-refractivity contribution in [2.24, 2.45) is 12.8 Å². The average Bonchev–Trinajstić information content (AvgIpc) is 3.45. The third kappa shape index (κ3) is 3.25. The zero-order valence-electron chi connectivity index (χ0n) is 17.1. The van der Waals surface area contributed by atoms with Gasteiger partial charge in [-0.2, -0.15) is 9.67 Å². The van der Waals surface area contributed by atoms with Gasteiger partial charge in [0.1, 0.15) is 11.5 Å². The summed E-state index contributed by atoms with van der Waals surface area (Å²) in [6.45, 7) is 0. The number of hydrogen-bond acceptors (Lipinski definition) is 5. The molecule has 3 heterocycles. The number of nitrogens with zero attached hydrogens (tertiary/aromatic N) is 5. The molecule has 1 amide bonds. The van der Waals surface area contributed by atoms with Crippen LogP contribution in [0.15, 0.2) is 59.5 Å². The van der Waals surface area contributed by atoms with Gasteiger partial charge in [-0.3, -0.25) is 9.36 Å². The molecular formula is C22H19FN6O3. The van der Waals surface area contributed by atoms with E-state index >= 15 is 0 Å². The van der Waals surface area contributed by atoms with Crippen molar-refractivity contribution in [1.29, 1.82) is 0 Å². The Balaban J connectivity index is 1.46. The number of benzene rings is 2. The van der Waals surface area contributed by atoms with E-state index in [1.165, 1.54) is 33.6 Å². The fourth-order valence-corrected chi connectivity index (χ4v) is 3.92. The Morgan fingerprint density at radius 2 is 2.00 bits per heavy atom. The number of ether oxygens (including phenoxy) is 1. The molecule has 5 rings (SSSR count). The first-order valence-electron chi connectivity index (χ1n) is 9.98. The van der Waals surface area contributed by atoms with Crippen molar-refractivity contribution in [2.75, 3.05) is 0 Å². The first-order chi connectivity index (χ1) is 15.4. The molecular weight excluding hydrogens is 415 g/mol. The van der Waals surface area contributed by atoms with E-state index in [1.54, 1.807) is 11.6 Å². The predicted molar refractivity (Wildman–Crippen MR) is 112 cm³/mol. The van der Waals surface area contributed by atoms with E-state index in [-0.39, 0.29) is 34.9 Å². The van der Waals surface area contributed by atoms with E-state index in [0.717, 1.165) is 12.0 Å². The number of hydrogen-bond donors (Lipinski definition) is 1. The number of carbonyl (C=O) groups excluding carboxylic acids is 1. The lowest BCUT2D eigenvalue weighted by Crippen LogP contribution is -2.26. The number of aromatic nitrogens is 5. The summed E-state index contributed by atoms with van der Waals surface area (Å²) in [6, 6.07) is 13.8. The van der Waals surface area contributed by atoms with Gasteiger partial charge in [0.2, 0.25) is 0 Å². The average molecular weight is 434 g/mol. The van der Waals surface area contributed by atoms with Gasteiger partial charge in [-0.25, -0.2) is 9.18 Å². The second kappa shape index (κ2) is 7.49. The predicted octanol–water partition coefficient (Wildman–Crippen LogP) is 2.33. The number of fused-ring (bicyclic) bond motifs is 1. The summed E-state index contributed by atoms with van der Waals surface area (Å²) in [6.07, 6.45) is 2.84. The van der Waals surface area contributed by atoms with Crippen molar-refractivity contribution < 1.29 is 13.9 Å². The monoisotopic (exact) mass is 434 g/mol. The van der Waals surface area contributed by atoms with Gasteiger partial charge in [0.05, 0.1) is 11.7 Å². The molecule has 162 valence electrons. The number of carbonyl (C=O) groups is 1. The summed E-state index contributed by atoms with van der Waals surface area (Å²) < 4.78 is 24.6. The summed E-state index contributed by atoms with van der Waals surface area (Å²) in [5.74, 6) is -0.866. The van der Waals surface area contributed by atoms with Gasteiger partial charge >= 0.3 is 11.7 Å². The minimum absolute atomic E-state index is 0.00609. The van der Waals surface area contributed by atoms with E-state index < -0.39 is 11.7 Å². The summed E-state index contributed by atoms with van der Waals surface area (Å²) >= 11 is 0. The van der Waals surface area contributed by atoms with Crippen LogP contribution >= 0.6 is 0 Å². The zero-order chi connectivity index (χ0) is 22.4. The third-order valence-corrected chi connectivity index (χ3v) is 5.47. The van der Waals surface area contributed by atoms with Gasteiger partial charge in [0, 0.05) is 25.7 Å². The van der Waals surface area contributed by atoms with Crippen LogP contribution < -0.4 is 16.2 Å². The maximum Gasteiger partial charge on any atom is 0.351 e. The molecule has 2 aromatic heterocycles. The summed E-state index contributed by atoms with van der Waals surface area (Å²) in [4.78, 5) is 28.3. The minimum Gasteiger partial charge on any atom is -0.422 e. The van der Waals surface area contributed by atoms with Crippen LogP contribution in [0.4, 0.5) is 4.39 Å². The maximum atomic E-state index is 14.8. The van der Waals surface area contributed by atoms with Gasteiger partial charge < -0.3 is 15.0 Å². The number of halogens is 1. The van der Waals surface area contributed by atoms with Gasteiger partial charge in [-0.15, -0.1) is 5.10 Å². The molecule has 0 unspecified atom stereocenters. The van der Waals surface area contributed by atoms with Crippen molar-refractivity contribution in [1.82, 2.24) is 23.9 Å². The topological polar surface area (TPSA) is 110 Å². The smallest absolute Gasteiger partial charge is 0.351 e. The lowest BCUT2D eigenvalue weighted by molar-refractivity contribution is 0.0995. The quantitative estimate of drug-likeness (QED) is 0.518. The van der Waals surface area contributed by atoms with E-state index in [9.17, 15) is 14.0 Å². The summed E-state index contributed by atoms with van der Waals surface area (Å²) in [7, 11) is 1.59. The van der Waals surface area contributed by atoms with Crippen LogP contribution in [-0.2, 0) is 13.5 Å². The Morgan fingerprint density at radius 1 is 1.22 bits per heavy atom. The van der Waals surface area contributed by atoms with E-state index in [0.29, 0.717) is 12.2 Å². The highest BCUT2D eigenvalue weighted by Crippen LogP contribution is 2.30. The van der Waals surface area contributed by atoms with Crippen LogP contribution in [0, 0.1) is 5.82 Å². The second-order valence-corrected chi connectivity index (χ2v) is 7.55. The lowest BCUT2D eigenvalue weighted by Gasteiger charge is -2.12. The molecule has 4 aromatic rings.